The highest BCUT2D eigenvalue weighted by Crippen LogP contribution is 2.13. The molecule has 0 amide bonds. The van der Waals surface area contributed by atoms with Crippen molar-refractivity contribution in [3.63, 3.8) is 0 Å². The molecule has 0 spiro atoms. The fraction of sp³-hybridized carbons (Fsp3) is 0.182. The van der Waals surface area contributed by atoms with Gasteiger partial charge in [-0.05, 0) is 6.07 Å². The second-order valence-electron chi connectivity index (χ2n) is 3.48. The van der Waals surface area contributed by atoms with Gasteiger partial charge in [-0.3, -0.25) is 0 Å². The minimum absolute atomic E-state index is 0.0238. The zero-order valence-electron chi connectivity index (χ0n) is 9.50. The lowest BCUT2D eigenvalue weighted by Gasteiger charge is -2.05. The summed E-state index contributed by atoms with van der Waals surface area (Å²) >= 11 is 0. The van der Waals surface area contributed by atoms with Gasteiger partial charge in [0.1, 0.15) is 5.82 Å². The van der Waals surface area contributed by atoms with E-state index in [1.807, 2.05) is 0 Å². The van der Waals surface area contributed by atoms with Gasteiger partial charge in [-0.15, -0.1) is 5.10 Å². The maximum absolute atomic E-state index is 13.5. The molecule has 0 saturated carbocycles. The van der Waals surface area contributed by atoms with Gasteiger partial charge in [0.25, 0.3) is 5.82 Å². The van der Waals surface area contributed by atoms with Crippen molar-refractivity contribution < 1.29 is 19.0 Å². The molecule has 1 aromatic carbocycles. The van der Waals surface area contributed by atoms with Crippen molar-refractivity contribution >= 4 is 5.97 Å². The molecule has 0 fully saturated rings. The Morgan fingerprint density at radius 2 is 2.22 bits per heavy atom. The third-order valence-corrected chi connectivity index (χ3v) is 2.29. The predicted molar refractivity (Wildman–Crippen MR) is 59.0 cm³/mol. The number of hydrogen-bond acceptors (Lipinski definition) is 4. The molecule has 0 bridgehead atoms. The van der Waals surface area contributed by atoms with Crippen molar-refractivity contribution in [2.45, 2.75) is 6.54 Å². The van der Waals surface area contributed by atoms with Gasteiger partial charge in [-0.1, -0.05) is 18.2 Å². The van der Waals surface area contributed by atoms with Gasteiger partial charge >= 0.3 is 12.0 Å². The summed E-state index contributed by atoms with van der Waals surface area (Å²) in [6, 6.07) is 6.17. The van der Waals surface area contributed by atoms with Crippen molar-refractivity contribution in [3.05, 3.63) is 41.5 Å². The van der Waals surface area contributed by atoms with E-state index < -0.39 is 11.8 Å². The molecule has 1 aromatic heterocycles. The van der Waals surface area contributed by atoms with E-state index in [4.69, 9.17) is 9.84 Å². The summed E-state index contributed by atoms with van der Waals surface area (Å²) in [7, 11) is 1.34. The molecular weight excluding hydrogens is 241 g/mol. The Balaban J connectivity index is 2.34. The van der Waals surface area contributed by atoms with Crippen LogP contribution in [0.2, 0.25) is 0 Å². The lowest BCUT2D eigenvalue weighted by Crippen LogP contribution is -2.07. The normalized spacial score (nSPS) is 10.3. The van der Waals surface area contributed by atoms with E-state index in [1.165, 1.54) is 17.9 Å². The fourth-order valence-electron chi connectivity index (χ4n) is 1.46. The van der Waals surface area contributed by atoms with Gasteiger partial charge in [-0.25, -0.2) is 13.9 Å². The minimum atomic E-state index is -1.26. The molecule has 0 aliphatic rings. The SMILES string of the molecule is COc1nc(C(=O)O)nn1Cc1ccccc1F. The largest absolute Gasteiger partial charge is 0.475 e. The Bertz CT molecular complexity index is 583. The van der Waals surface area contributed by atoms with E-state index in [1.54, 1.807) is 18.2 Å². The molecule has 1 heterocycles. The number of benzene rings is 1. The van der Waals surface area contributed by atoms with Crippen LogP contribution in [0.5, 0.6) is 6.01 Å². The molecule has 0 atom stereocenters. The number of hydrogen-bond donors (Lipinski definition) is 1. The van der Waals surface area contributed by atoms with Crippen LogP contribution >= 0.6 is 0 Å². The van der Waals surface area contributed by atoms with Gasteiger partial charge in [0.15, 0.2) is 0 Å². The number of methoxy groups -OCH3 is 1. The highest BCUT2D eigenvalue weighted by Gasteiger charge is 2.16. The third-order valence-electron chi connectivity index (χ3n) is 2.29. The van der Waals surface area contributed by atoms with E-state index in [9.17, 15) is 9.18 Å². The first-order valence-corrected chi connectivity index (χ1v) is 5.07. The number of carboxylic acids is 1. The Hall–Kier alpha value is -2.44. The highest BCUT2D eigenvalue weighted by atomic mass is 19.1. The Labute approximate surface area is 102 Å². The molecule has 6 nitrogen and oxygen atoms in total. The molecule has 1 N–H and O–H groups in total. The number of carbonyl (C=O) groups is 1. The van der Waals surface area contributed by atoms with Gasteiger partial charge in [0.2, 0.25) is 0 Å². The summed E-state index contributed by atoms with van der Waals surface area (Å²) in [4.78, 5) is 14.4. The second-order valence-corrected chi connectivity index (χ2v) is 3.48. The Morgan fingerprint density at radius 3 is 2.83 bits per heavy atom. The first kappa shape index (κ1) is 12.0. The molecule has 0 saturated heterocycles. The predicted octanol–water partition coefficient (Wildman–Crippen LogP) is 1.17. The average molecular weight is 251 g/mol. The van der Waals surface area contributed by atoms with Crippen LogP contribution in [0.25, 0.3) is 0 Å². The number of aromatic nitrogens is 3. The van der Waals surface area contributed by atoms with Crippen LogP contribution in [0.1, 0.15) is 16.2 Å². The monoisotopic (exact) mass is 251 g/mol. The maximum atomic E-state index is 13.5. The average Bonchev–Trinajstić information content (AvgIpc) is 2.75. The van der Waals surface area contributed by atoms with Crippen molar-refractivity contribution in [2.24, 2.45) is 0 Å². The van der Waals surface area contributed by atoms with E-state index in [-0.39, 0.29) is 18.4 Å². The molecule has 2 rings (SSSR count). The van der Waals surface area contributed by atoms with Crippen molar-refractivity contribution in [1.82, 2.24) is 14.8 Å². The third kappa shape index (κ3) is 2.29. The molecular formula is C11H10FN3O3. The lowest BCUT2D eigenvalue weighted by molar-refractivity contribution is 0.0683. The summed E-state index contributed by atoms with van der Waals surface area (Å²) in [5, 5.41) is 12.5. The van der Waals surface area contributed by atoms with Crippen LogP contribution in [0, 0.1) is 5.82 Å². The smallest absolute Gasteiger partial charge is 0.375 e. The van der Waals surface area contributed by atoms with Gasteiger partial charge in [0, 0.05) is 5.56 Å². The van der Waals surface area contributed by atoms with E-state index in [0.29, 0.717) is 5.56 Å². The zero-order valence-corrected chi connectivity index (χ0v) is 9.50. The van der Waals surface area contributed by atoms with Crippen LogP contribution in [-0.2, 0) is 6.54 Å². The first-order valence-electron chi connectivity index (χ1n) is 5.07. The molecule has 0 radical (unpaired) electrons. The summed E-state index contributed by atoms with van der Waals surface area (Å²) < 4.78 is 19.5. The van der Waals surface area contributed by atoms with Gasteiger partial charge < -0.3 is 9.84 Å². The molecule has 18 heavy (non-hydrogen) atoms. The molecule has 2 aromatic rings. The number of aromatic carboxylic acids is 1. The van der Waals surface area contributed by atoms with Crippen molar-refractivity contribution in [1.29, 1.82) is 0 Å². The second kappa shape index (κ2) is 4.82. The summed E-state index contributed by atoms with van der Waals surface area (Å²) in [5.74, 6) is -2.05. The molecule has 0 unspecified atom stereocenters. The van der Waals surface area contributed by atoms with Crippen LogP contribution in [0.4, 0.5) is 4.39 Å². The molecule has 0 aliphatic carbocycles. The van der Waals surface area contributed by atoms with Crippen LogP contribution < -0.4 is 4.74 Å². The van der Waals surface area contributed by atoms with Gasteiger partial charge in [0.05, 0.1) is 13.7 Å². The first-order chi connectivity index (χ1) is 8.61. The topological polar surface area (TPSA) is 77.2 Å². The summed E-state index contributed by atoms with van der Waals surface area (Å²) in [5.41, 5.74) is 0.373. The van der Waals surface area contributed by atoms with Crippen molar-refractivity contribution in [3.8, 4) is 6.01 Å². The molecule has 94 valence electrons. The highest BCUT2D eigenvalue weighted by molar-refractivity contribution is 5.83. The van der Waals surface area contributed by atoms with E-state index >= 15 is 0 Å². The van der Waals surface area contributed by atoms with Crippen LogP contribution in [-0.4, -0.2) is 33.0 Å². The Kier molecular flexibility index (Phi) is 3.22. The number of nitrogens with zero attached hydrogens (tertiary/aromatic N) is 3. The zero-order chi connectivity index (χ0) is 13.1. The molecule has 0 aliphatic heterocycles. The maximum Gasteiger partial charge on any atom is 0.375 e. The standard InChI is InChI=1S/C11H10FN3O3/c1-18-11-13-9(10(16)17)14-15(11)6-7-4-2-3-5-8(7)12/h2-5H,6H2,1H3,(H,16,17). The molecule has 7 heteroatoms. The fourth-order valence-corrected chi connectivity index (χ4v) is 1.46. The number of rotatable bonds is 4. The Morgan fingerprint density at radius 1 is 1.50 bits per heavy atom. The van der Waals surface area contributed by atoms with Crippen LogP contribution in [0.15, 0.2) is 24.3 Å². The van der Waals surface area contributed by atoms with E-state index in [0.717, 1.165) is 0 Å². The number of halogens is 1. The van der Waals surface area contributed by atoms with Gasteiger partial charge in [-0.2, -0.15) is 4.98 Å². The van der Waals surface area contributed by atoms with E-state index in [2.05, 4.69) is 10.1 Å². The van der Waals surface area contributed by atoms with Crippen LogP contribution in [0.3, 0.4) is 0 Å². The number of ether oxygens (including phenoxy) is 1. The lowest BCUT2D eigenvalue weighted by atomic mass is 10.2. The minimum Gasteiger partial charge on any atom is -0.475 e. The summed E-state index contributed by atoms with van der Waals surface area (Å²) in [6.45, 7) is 0.0517. The summed E-state index contributed by atoms with van der Waals surface area (Å²) in [6.07, 6.45) is 0. The number of carboxylic acid groups (broad SMARTS) is 1. The van der Waals surface area contributed by atoms with Crippen molar-refractivity contribution in [2.75, 3.05) is 7.11 Å². The quantitative estimate of drug-likeness (QED) is 0.882.